The smallest absolute Gasteiger partial charge is 0.296 e. The standard InChI is InChI=1S/C11H6N2O2/c12-5-1-2-7-3-4-9-8(6-7)10(14)11(15)13-9/h1-4,6H,(H,13,14,15). The molecule has 0 saturated heterocycles. The van der Waals surface area contributed by atoms with Crippen molar-refractivity contribution >= 4 is 23.5 Å². The number of carbonyl (C=O) groups excluding carboxylic acids is 2. The maximum atomic E-state index is 11.3. The van der Waals surface area contributed by atoms with Crippen LogP contribution in [0.25, 0.3) is 6.08 Å². The zero-order chi connectivity index (χ0) is 10.8. The van der Waals surface area contributed by atoms with Crippen molar-refractivity contribution in [1.82, 2.24) is 0 Å². The molecular formula is C11H6N2O2. The lowest BCUT2D eigenvalue weighted by Gasteiger charge is -1.97. The van der Waals surface area contributed by atoms with Crippen LogP contribution in [0.15, 0.2) is 24.3 Å². The van der Waals surface area contributed by atoms with Gasteiger partial charge in [-0.25, -0.2) is 0 Å². The molecule has 0 spiro atoms. The van der Waals surface area contributed by atoms with Crippen LogP contribution >= 0.6 is 0 Å². The van der Waals surface area contributed by atoms with E-state index in [-0.39, 0.29) is 0 Å². The maximum Gasteiger partial charge on any atom is 0.296 e. The lowest BCUT2D eigenvalue weighted by atomic mass is 10.1. The van der Waals surface area contributed by atoms with Crippen LogP contribution in [0.4, 0.5) is 5.69 Å². The van der Waals surface area contributed by atoms with Gasteiger partial charge in [0.1, 0.15) is 0 Å². The van der Waals surface area contributed by atoms with Gasteiger partial charge in [-0.05, 0) is 23.8 Å². The number of Topliss-reactive ketones (excluding diaryl/α,β-unsaturated/α-hetero) is 1. The van der Waals surface area contributed by atoms with E-state index >= 15 is 0 Å². The Bertz CT molecular complexity index is 524. The first-order chi connectivity index (χ1) is 7.22. The zero-order valence-electron chi connectivity index (χ0n) is 7.65. The number of nitriles is 1. The average molecular weight is 198 g/mol. The second kappa shape index (κ2) is 3.39. The van der Waals surface area contributed by atoms with Crippen molar-refractivity contribution in [3.63, 3.8) is 0 Å². The van der Waals surface area contributed by atoms with Crippen LogP contribution in [-0.2, 0) is 4.79 Å². The van der Waals surface area contributed by atoms with E-state index in [0.717, 1.165) is 5.56 Å². The molecule has 1 heterocycles. The number of nitrogens with one attached hydrogen (secondary N) is 1. The molecule has 1 aliphatic heterocycles. The Morgan fingerprint density at radius 2 is 2.13 bits per heavy atom. The van der Waals surface area contributed by atoms with Crippen LogP contribution in [0.1, 0.15) is 15.9 Å². The molecule has 2 rings (SSSR count). The molecule has 4 nitrogen and oxygen atoms in total. The Kier molecular flexibility index (Phi) is 2.07. The van der Waals surface area contributed by atoms with Crippen molar-refractivity contribution in [3.8, 4) is 6.07 Å². The molecular weight excluding hydrogens is 192 g/mol. The molecule has 0 aromatic heterocycles. The van der Waals surface area contributed by atoms with E-state index in [2.05, 4.69) is 5.32 Å². The van der Waals surface area contributed by atoms with Crippen LogP contribution in [0.3, 0.4) is 0 Å². The van der Waals surface area contributed by atoms with Gasteiger partial charge in [-0.1, -0.05) is 6.07 Å². The van der Waals surface area contributed by atoms with E-state index < -0.39 is 11.7 Å². The highest BCUT2D eigenvalue weighted by Gasteiger charge is 2.27. The summed E-state index contributed by atoms with van der Waals surface area (Å²) >= 11 is 0. The number of ketones is 1. The SMILES string of the molecule is N#CC=Cc1ccc2c(c1)C(=O)C(=O)N2. The lowest BCUT2D eigenvalue weighted by Crippen LogP contribution is -2.12. The van der Waals surface area contributed by atoms with E-state index in [1.165, 1.54) is 6.08 Å². The lowest BCUT2D eigenvalue weighted by molar-refractivity contribution is -0.112. The first kappa shape index (κ1) is 9.16. The van der Waals surface area contributed by atoms with Gasteiger partial charge in [0.05, 0.1) is 17.3 Å². The van der Waals surface area contributed by atoms with Crippen LogP contribution in [0.5, 0.6) is 0 Å². The van der Waals surface area contributed by atoms with Crippen LogP contribution < -0.4 is 5.32 Å². The molecule has 0 aliphatic carbocycles. The zero-order valence-corrected chi connectivity index (χ0v) is 7.65. The summed E-state index contributed by atoms with van der Waals surface area (Å²) in [4.78, 5) is 22.3. The van der Waals surface area contributed by atoms with E-state index in [0.29, 0.717) is 11.3 Å². The van der Waals surface area contributed by atoms with Crippen LogP contribution in [0.2, 0.25) is 0 Å². The van der Waals surface area contributed by atoms with Gasteiger partial charge in [0.25, 0.3) is 11.7 Å². The molecule has 72 valence electrons. The number of nitrogens with zero attached hydrogens (tertiary/aromatic N) is 1. The van der Waals surface area contributed by atoms with E-state index in [1.54, 1.807) is 24.3 Å². The number of anilines is 1. The normalized spacial score (nSPS) is 13.8. The maximum absolute atomic E-state index is 11.3. The monoisotopic (exact) mass is 198 g/mol. The number of amides is 1. The molecule has 1 aromatic rings. The molecule has 0 saturated carbocycles. The van der Waals surface area contributed by atoms with Crippen molar-refractivity contribution in [2.45, 2.75) is 0 Å². The summed E-state index contributed by atoms with van der Waals surface area (Å²) in [6.07, 6.45) is 2.90. The van der Waals surface area contributed by atoms with Gasteiger partial charge in [0, 0.05) is 6.08 Å². The summed E-state index contributed by atoms with van der Waals surface area (Å²) in [7, 11) is 0. The topological polar surface area (TPSA) is 70.0 Å². The van der Waals surface area contributed by atoms with Gasteiger partial charge in [-0.2, -0.15) is 5.26 Å². The number of fused-ring (bicyclic) bond motifs is 1. The predicted molar refractivity (Wildman–Crippen MR) is 54.0 cm³/mol. The highest BCUT2D eigenvalue weighted by atomic mass is 16.2. The average Bonchev–Trinajstić information content (AvgIpc) is 2.52. The van der Waals surface area contributed by atoms with Gasteiger partial charge >= 0.3 is 0 Å². The Hall–Kier alpha value is -2.41. The van der Waals surface area contributed by atoms with Gasteiger partial charge in [-0.3, -0.25) is 9.59 Å². The molecule has 0 bridgehead atoms. The predicted octanol–water partition coefficient (Wildman–Crippen LogP) is 1.36. The second-order valence-corrected chi connectivity index (χ2v) is 3.05. The Labute approximate surface area is 85.8 Å². The third kappa shape index (κ3) is 1.51. The molecule has 0 unspecified atom stereocenters. The fourth-order valence-corrected chi connectivity index (χ4v) is 1.40. The summed E-state index contributed by atoms with van der Waals surface area (Å²) < 4.78 is 0. The van der Waals surface area contributed by atoms with E-state index in [9.17, 15) is 9.59 Å². The van der Waals surface area contributed by atoms with E-state index in [4.69, 9.17) is 5.26 Å². The molecule has 0 atom stereocenters. The summed E-state index contributed by atoms with van der Waals surface area (Å²) in [5, 5.41) is 10.8. The van der Waals surface area contributed by atoms with Crippen LogP contribution in [0, 0.1) is 11.3 Å². The Morgan fingerprint density at radius 1 is 1.33 bits per heavy atom. The number of allylic oxidation sites excluding steroid dienone is 1. The molecule has 1 aliphatic rings. The van der Waals surface area contributed by atoms with Crippen LogP contribution in [-0.4, -0.2) is 11.7 Å². The second-order valence-electron chi connectivity index (χ2n) is 3.05. The Balaban J connectivity index is 2.45. The fraction of sp³-hybridized carbons (Fsp3) is 0. The first-order valence-corrected chi connectivity index (χ1v) is 4.28. The molecule has 1 aromatic carbocycles. The van der Waals surface area contributed by atoms with Crippen molar-refractivity contribution in [2.75, 3.05) is 5.32 Å². The minimum atomic E-state index is -0.605. The molecule has 0 radical (unpaired) electrons. The molecule has 15 heavy (non-hydrogen) atoms. The fourth-order valence-electron chi connectivity index (χ4n) is 1.40. The number of benzene rings is 1. The third-order valence-electron chi connectivity index (χ3n) is 2.09. The highest BCUT2D eigenvalue weighted by molar-refractivity contribution is 6.51. The summed E-state index contributed by atoms with van der Waals surface area (Å²) in [6, 6.07) is 6.82. The van der Waals surface area contributed by atoms with Crippen molar-refractivity contribution in [1.29, 1.82) is 5.26 Å². The number of hydrogen-bond acceptors (Lipinski definition) is 3. The number of carbonyl (C=O) groups is 2. The largest absolute Gasteiger partial charge is 0.318 e. The van der Waals surface area contributed by atoms with Crippen molar-refractivity contribution in [3.05, 3.63) is 35.4 Å². The van der Waals surface area contributed by atoms with Gasteiger partial charge in [0.15, 0.2) is 0 Å². The van der Waals surface area contributed by atoms with Crippen molar-refractivity contribution < 1.29 is 9.59 Å². The van der Waals surface area contributed by atoms with Gasteiger partial charge in [0.2, 0.25) is 0 Å². The number of rotatable bonds is 1. The highest BCUT2D eigenvalue weighted by Crippen LogP contribution is 2.24. The quantitative estimate of drug-likeness (QED) is 0.547. The van der Waals surface area contributed by atoms with Gasteiger partial charge in [-0.15, -0.1) is 0 Å². The Morgan fingerprint density at radius 3 is 2.87 bits per heavy atom. The minimum absolute atomic E-state index is 0.361. The van der Waals surface area contributed by atoms with E-state index in [1.807, 2.05) is 6.07 Å². The summed E-state index contributed by atoms with van der Waals surface area (Å²) in [6.45, 7) is 0. The van der Waals surface area contributed by atoms with Gasteiger partial charge < -0.3 is 5.32 Å². The summed E-state index contributed by atoms with van der Waals surface area (Å²) in [5.41, 5.74) is 1.61. The molecule has 0 fully saturated rings. The minimum Gasteiger partial charge on any atom is -0.318 e. The molecule has 1 amide bonds. The van der Waals surface area contributed by atoms with Crippen molar-refractivity contribution in [2.24, 2.45) is 0 Å². The third-order valence-corrected chi connectivity index (χ3v) is 2.09. The molecule has 1 N–H and O–H groups in total. The summed E-state index contributed by atoms with van der Waals surface area (Å²) in [5.74, 6) is -1.14. The number of hydrogen-bond donors (Lipinski definition) is 1. The molecule has 4 heteroatoms. The first-order valence-electron chi connectivity index (χ1n) is 4.28.